The molecule has 4 rings (SSSR count). The normalized spacial score (nSPS) is 24.9. The molecule has 2 aromatic carbocycles. The van der Waals surface area contributed by atoms with Gasteiger partial charge in [-0.25, -0.2) is 8.42 Å². The quantitative estimate of drug-likeness (QED) is 0.286. The van der Waals surface area contributed by atoms with Gasteiger partial charge in [-0.2, -0.15) is 18.4 Å². The maximum atomic E-state index is 13.5. The minimum Gasteiger partial charge on any atom is -0.486 e. The molecule has 0 bridgehead atoms. The van der Waals surface area contributed by atoms with Gasteiger partial charge in [0.05, 0.1) is 34.2 Å². The van der Waals surface area contributed by atoms with Crippen LogP contribution < -0.4 is 9.04 Å². The van der Waals surface area contributed by atoms with E-state index in [1.54, 1.807) is 18.2 Å². The summed E-state index contributed by atoms with van der Waals surface area (Å²) in [6.45, 7) is -0.0255. The van der Waals surface area contributed by atoms with Crippen LogP contribution in [0.15, 0.2) is 51.8 Å². The zero-order valence-electron chi connectivity index (χ0n) is 17.1. The predicted molar refractivity (Wildman–Crippen MR) is 129 cm³/mol. The number of benzene rings is 2. The lowest BCUT2D eigenvalue weighted by Gasteiger charge is -2.44. The van der Waals surface area contributed by atoms with Gasteiger partial charge < -0.3 is 4.74 Å². The number of hydrogen-bond donors (Lipinski definition) is 0. The highest BCUT2D eigenvalue weighted by molar-refractivity contribution is 14.1. The summed E-state index contributed by atoms with van der Waals surface area (Å²) in [5, 5.41) is 9.41. The van der Waals surface area contributed by atoms with Crippen molar-refractivity contribution in [2.24, 2.45) is 11.3 Å². The van der Waals surface area contributed by atoms with Gasteiger partial charge in [0, 0.05) is 8.90 Å². The summed E-state index contributed by atoms with van der Waals surface area (Å²) in [4.78, 5) is -0.430. The standard InChI is InChI=1S/C22H19BrF3IN2O3S/c23-16-4-5-20-19(8-16)29(11-17(32-20)6-14-9-21(10-14,12-27)13-28)33(30,31)18-3-1-2-15(7-18)22(24,25)26/h1-5,7-8,14,17H,6,9-12H2/t14?,17-,21?/m0/s1. The Morgan fingerprint density at radius 2 is 1.97 bits per heavy atom. The first-order chi connectivity index (χ1) is 15.5. The molecule has 33 heavy (non-hydrogen) atoms. The average Bonchev–Trinajstić information content (AvgIpc) is 2.75. The first-order valence-corrected chi connectivity index (χ1v) is 13.9. The smallest absolute Gasteiger partial charge is 0.416 e. The second kappa shape index (κ2) is 8.92. The Hall–Kier alpha value is -1.52. The predicted octanol–water partition coefficient (Wildman–Crippen LogP) is 6.17. The van der Waals surface area contributed by atoms with Crippen LogP contribution in [0.2, 0.25) is 0 Å². The van der Waals surface area contributed by atoms with Gasteiger partial charge in [-0.15, -0.1) is 0 Å². The molecule has 5 nitrogen and oxygen atoms in total. The van der Waals surface area contributed by atoms with Gasteiger partial charge in [0.2, 0.25) is 0 Å². The second-order valence-corrected chi connectivity index (χ2v) is 12.0. The zero-order valence-corrected chi connectivity index (χ0v) is 21.7. The van der Waals surface area contributed by atoms with Crippen LogP contribution in [0.5, 0.6) is 5.75 Å². The summed E-state index contributed by atoms with van der Waals surface area (Å²) >= 11 is 5.53. The van der Waals surface area contributed by atoms with Gasteiger partial charge in [-0.05, 0) is 61.6 Å². The number of ether oxygens (including phenoxy) is 1. The molecule has 0 amide bonds. The van der Waals surface area contributed by atoms with Crippen molar-refractivity contribution in [3.05, 3.63) is 52.5 Å². The Balaban J connectivity index is 1.65. The van der Waals surface area contributed by atoms with Crippen LogP contribution in [0.4, 0.5) is 18.9 Å². The van der Waals surface area contributed by atoms with Crippen molar-refractivity contribution in [3.63, 3.8) is 0 Å². The lowest BCUT2D eigenvalue weighted by Crippen LogP contribution is -2.46. The SMILES string of the molecule is N#CC1(CI)CC(C[C@H]2CN(S(=O)(=O)c3cccc(C(F)(F)F)c3)c3cc(Br)ccc3O2)C1. The molecule has 0 radical (unpaired) electrons. The van der Waals surface area contributed by atoms with E-state index >= 15 is 0 Å². The molecule has 1 atom stereocenters. The first-order valence-electron chi connectivity index (χ1n) is 10.1. The number of nitriles is 1. The lowest BCUT2D eigenvalue weighted by atomic mass is 9.62. The number of fused-ring (bicyclic) bond motifs is 1. The molecule has 2 aliphatic rings. The van der Waals surface area contributed by atoms with E-state index in [1.807, 2.05) is 0 Å². The summed E-state index contributed by atoms with van der Waals surface area (Å²) in [5.41, 5.74) is -1.10. The van der Waals surface area contributed by atoms with Crippen LogP contribution in [0.1, 0.15) is 24.8 Å². The number of nitrogens with zero attached hydrogens (tertiary/aromatic N) is 2. The highest BCUT2D eigenvalue weighted by Crippen LogP contribution is 2.49. The van der Waals surface area contributed by atoms with E-state index in [2.05, 4.69) is 44.6 Å². The van der Waals surface area contributed by atoms with Crippen molar-refractivity contribution < 1.29 is 26.3 Å². The molecule has 0 unspecified atom stereocenters. The van der Waals surface area contributed by atoms with Crippen molar-refractivity contribution in [1.29, 1.82) is 5.26 Å². The third kappa shape index (κ3) is 4.84. The van der Waals surface area contributed by atoms with Gasteiger partial charge in [-0.1, -0.05) is 44.6 Å². The van der Waals surface area contributed by atoms with E-state index in [1.165, 1.54) is 6.07 Å². The van der Waals surface area contributed by atoms with Crippen LogP contribution in [0.25, 0.3) is 0 Å². The zero-order chi connectivity index (χ0) is 24.0. The second-order valence-electron chi connectivity index (χ2n) is 8.45. The maximum Gasteiger partial charge on any atom is 0.416 e. The Kier molecular flexibility index (Phi) is 6.65. The van der Waals surface area contributed by atoms with E-state index in [0.29, 0.717) is 22.7 Å². The van der Waals surface area contributed by atoms with Gasteiger partial charge in [-0.3, -0.25) is 4.31 Å². The molecule has 1 aliphatic carbocycles. The molecule has 11 heteroatoms. The summed E-state index contributed by atoms with van der Waals surface area (Å²) in [6, 6.07) is 11.1. The fraction of sp³-hybridized carbons (Fsp3) is 0.409. The molecular weight excluding hydrogens is 636 g/mol. The third-order valence-electron chi connectivity index (χ3n) is 6.05. The Labute approximate surface area is 212 Å². The monoisotopic (exact) mass is 654 g/mol. The summed E-state index contributed by atoms with van der Waals surface area (Å²) in [7, 11) is -4.29. The molecule has 2 aromatic rings. The van der Waals surface area contributed by atoms with Crippen molar-refractivity contribution in [3.8, 4) is 11.8 Å². The molecule has 1 aliphatic heterocycles. The van der Waals surface area contributed by atoms with Crippen molar-refractivity contribution >= 4 is 54.2 Å². The van der Waals surface area contributed by atoms with E-state index in [-0.39, 0.29) is 23.6 Å². The number of rotatable bonds is 5. The first kappa shape index (κ1) is 24.6. The van der Waals surface area contributed by atoms with Crippen LogP contribution in [-0.4, -0.2) is 25.5 Å². The molecule has 1 saturated carbocycles. The minimum atomic E-state index is -4.66. The Morgan fingerprint density at radius 1 is 1.24 bits per heavy atom. The molecule has 0 N–H and O–H groups in total. The van der Waals surface area contributed by atoms with E-state index in [4.69, 9.17) is 4.74 Å². The summed E-state index contributed by atoms with van der Waals surface area (Å²) in [6.07, 6.45) is -3.13. The highest BCUT2D eigenvalue weighted by Gasteiger charge is 2.46. The van der Waals surface area contributed by atoms with Gasteiger partial charge >= 0.3 is 6.18 Å². The van der Waals surface area contributed by atoms with Crippen molar-refractivity contribution in [1.82, 2.24) is 0 Å². The fourth-order valence-corrected chi connectivity index (χ4v) is 7.10. The molecule has 1 fully saturated rings. The van der Waals surface area contributed by atoms with Crippen molar-refractivity contribution in [2.45, 2.75) is 36.4 Å². The molecule has 1 heterocycles. The molecule has 0 aromatic heterocycles. The number of hydrogen-bond acceptors (Lipinski definition) is 4. The molecule has 176 valence electrons. The van der Waals surface area contributed by atoms with Crippen molar-refractivity contribution in [2.75, 3.05) is 15.3 Å². The summed E-state index contributed by atoms with van der Waals surface area (Å²) in [5.74, 6) is 0.573. The van der Waals surface area contributed by atoms with Gasteiger partial charge in [0.1, 0.15) is 11.9 Å². The van der Waals surface area contributed by atoms with Crippen LogP contribution in [0.3, 0.4) is 0 Å². The Bertz CT molecular complexity index is 1210. The third-order valence-corrected chi connectivity index (χ3v) is 9.78. The number of alkyl halides is 4. The molecule has 0 saturated heterocycles. The van der Waals surface area contributed by atoms with Crippen LogP contribution in [-0.2, 0) is 16.2 Å². The number of anilines is 1. The molecular formula is C22H19BrF3IN2O3S. The van der Waals surface area contributed by atoms with E-state index in [9.17, 15) is 26.9 Å². The van der Waals surface area contributed by atoms with Crippen LogP contribution in [0, 0.1) is 22.7 Å². The minimum absolute atomic E-state index is 0.0255. The van der Waals surface area contributed by atoms with Gasteiger partial charge in [0.25, 0.3) is 10.0 Å². The highest BCUT2D eigenvalue weighted by atomic mass is 127. The van der Waals surface area contributed by atoms with E-state index in [0.717, 1.165) is 33.7 Å². The van der Waals surface area contributed by atoms with E-state index < -0.39 is 32.8 Å². The number of sulfonamides is 1. The molecule has 0 spiro atoms. The lowest BCUT2D eigenvalue weighted by molar-refractivity contribution is -0.137. The fourth-order valence-electron chi connectivity index (χ4n) is 4.41. The topological polar surface area (TPSA) is 70.4 Å². The van der Waals surface area contributed by atoms with Gasteiger partial charge in [0.15, 0.2) is 0 Å². The largest absolute Gasteiger partial charge is 0.486 e. The summed E-state index contributed by atoms with van der Waals surface area (Å²) < 4.78 is 75.2. The maximum absolute atomic E-state index is 13.5. The van der Waals surface area contributed by atoms with Crippen LogP contribution >= 0.6 is 38.5 Å². The number of halogens is 5. The Morgan fingerprint density at radius 3 is 2.61 bits per heavy atom. The average molecular weight is 655 g/mol.